The van der Waals surface area contributed by atoms with Crippen LogP contribution in [-0.2, 0) is 5.79 Å². The molecule has 5 aromatic carbocycles. The maximum absolute atomic E-state index is 12.0. The minimum Gasteiger partial charge on any atom is -0.358 e. The molecule has 0 aromatic heterocycles. The predicted octanol–water partition coefficient (Wildman–Crippen LogP) is 6.79. The third-order valence-electron chi connectivity index (χ3n) is 6.45. The number of amides is 1. The second-order valence-electron chi connectivity index (χ2n) is 9.09. The third kappa shape index (κ3) is 6.42. The van der Waals surface area contributed by atoms with Crippen molar-refractivity contribution in [1.82, 2.24) is 5.32 Å². The quantitative estimate of drug-likeness (QED) is 0.133. The molecule has 0 saturated heterocycles. The molecule has 0 spiro atoms. The fourth-order valence-electron chi connectivity index (χ4n) is 4.33. The maximum atomic E-state index is 12.0. The average molecular weight is 492 g/mol. The monoisotopic (exact) mass is 491 g/mol. The SMILES string of the molecule is CCCCCNC(=O)c1ccc(C(O)(O)c2ccccc2)cc1.c1ccc2c(c1)ccc1ccccc12. The van der Waals surface area contributed by atoms with Crippen molar-refractivity contribution in [3.8, 4) is 0 Å². The zero-order valence-corrected chi connectivity index (χ0v) is 21.1. The molecule has 4 heteroatoms. The van der Waals surface area contributed by atoms with E-state index >= 15 is 0 Å². The number of aliphatic hydroxyl groups is 2. The van der Waals surface area contributed by atoms with Crippen molar-refractivity contribution < 1.29 is 15.0 Å². The number of nitrogens with one attached hydrogen (secondary N) is 1. The Morgan fingerprint density at radius 3 is 1.73 bits per heavy atom. The molecule has 0 bridgehead atoms. The van der Waals surface area contributed by atoms with Gasteiger partial charge in [0.2, 0.25) is 5.79 Å². The van der Waals surface area contributed by atoms with Gasteiger partial charge in [-0.25, -0.2) is 0 Å². The van der Waals surface area contributed by atoms with Crippen LogP contribution in [0.5, 0.6) is 0 Å². The van der Waals surface area contributed by atoms with E-state index in [0.717, 1.165) is 19.3 Å². The Labute approximate surface area is 218 Å². The lowest BCUT2D eigenvalue weighted by Gasteiger charge is -2.22. The molecule has 0 atom stereocenters. The van der Waals surface area contributed by atoms with E-state index in [0.29, 0.717) is 23.2 Å². The highest BCUT2D eigenvalue weighted by Gasteiger charge is 2.28. The van der Waals surface area contributed by atoms with Gasteiger partial charge in [0, 0.05) is 23.2 Å². The molecule has 0 fully saturated rings. The van der Waals surface area contributed by atoms with Crippen LogP contribution in [0.3, 0.4) is 0 Å². The smallest absolute Gasteiger partial charge is 0.251 e. The molecule has 4 nitrogen and oxygen atoms in total. The van der Waals surface area contributed by atoms with Gasteiger partial charge >= 0.3 is 0 Å². The highest BCUT2D eigenvalue weighted by atomic mass is 16.5. The summed E-state index contributed by atoms with van der Waals surface area (Å²) in [6.45, 7) is 2.77. The summed E-state index contributed by atoms with van der Waals surface area (Å²) >= 11 is 0. The van der Waals surface area contributed by atoms with Gasteiger partial charge in [0.25, 0.3) is 5.91 Å². The summed E-state index contributed by atoms with van der Waals surface area (Å²) in [6, 6.07) is 36.3. The first-order valence-corrected chi connectivity index (χ1v) is 12.8. The Morgan fingerprint density at radius 1 is 0.649 bits per heavy atom. The Kier molecular flexibility index (Phi) is 8.68. The van der Waals surface area contributed by atoms with E-state index in [4.69, 9.17) is 0 Å². The Hall–Kier alpha value is -3.99. The van der Waals surface area contributed by atoms with Gasteiger partial charge in [-0.15, -0.1) is 0 Å². The van der Waals surface area contributed by atoms with Crippen molar-refractivity contribution in [3.63, 3.8) is 0 Å². The van der Waals surface area contributed by atoms with E-state index in [1.807, 2.05) is 6.07 Å². The number of hydrogen-bond donors (Lipinski definition) is 3. The normalized spacial score (nSPS) is 11.1. The Bertz CT molecular complexity index is 1390. The summed E-state index contributed by atoms with van der Waals surface area (Å²) in [5.41, 5.74) is 1.22. The lowest BCUT2D eigenvalue weighted by atomic mass is 9.96. The molecule has 0 aliphatic heterocycles. The molecule has 0 aliphatic carbocycles. The second-order valence-corrected chi connectivity index (χ2v) is 9.09. The van der Waals surface area contributed by atoms with Gasteiger partial charge in [-0.3, -0.25) is 4.79 Å². The van der Waals surface area contributed by atoms with Crippen LogP contribution in [0.4, 0.5) is 0 Å². The third-order valence-corrected chi connectivity index (χ3v) is 6.45. The van der Waals surface area contributed by atoms with Crippen LogP contribution in [0.25, 0.3) is 21.5 Å². The molecular weight excluding hydrogens is 458 g/mol. The summed E-state index contributed by atoms with van der Waals surface area (Å²) in [5, 5.41) is 28.8. The molecule has 0 radical (unpaired) electrons. The fraction of sp³-hybridized carbons (Fsp3) is 0.182. The number of fused-ring (bicyclic) bond motifs is 3. The summed E-state index contributed by atoms with van der Waals surface area (Å²) < 4.78 is 0. The maximum Gasteiger partial charge on any atom is 0.251 e. The Morgan fingerprint density at radius 2 is 1.16 bits per heavy atom. The molecule has 188 valence electrons. The van der Waals surface area contributed by atoms with Gasteiger partial charge in [-0.05, 0) is 40.1 Å². The predicted molar refractivity (Wildman–Crippen MR) is 151 cm³/mol. The van der Waals surface area contributed by atoms with E-state index in [9.17, 15) is 15.0 Å². The van der Waals surface area contributed by atoms with Crippen LogP contribution in [0, 0.1) is 0 Å². The molecular formula is C33H33NO3. The van der Waals surface area contributed by atoms with Gasteiger partial charge in [0.1, 0.15) is 0 Å². The summed E-state index contributed by atoms with van der Waals surface area (Å²) in [4.78, 5) is 12.0. The van der Waals surface area contributed by atoms with E-state index in [1.165, 1.54) is 21.5 Å². The highest BCUT2D eigenvalue weighted by molar-refractivity contribution is 6.07. The first-order valence-electron chi connectivity index (χ1n) is 12.8. The van der Waals surface area contributed by atoms with E-state index in [2.05, 4.69) is 72.9 Å². The lowest BCUT2D eigenvalue weighted by Crippen LogP contribution is -2.27. The molecule has 1 amide bonds. The standard InChI is InChI=1S/C19H23NO3.C14H10/c1-2-3-7-14-20-18(21)15-10-12-17(13-11-15)19(22,23)16-8-5-4-6-9-16;1-3-7-13-11(5-1)9-10-12-6-2-4-8-14(12)13/h4-6,8-13,22-23H,2-3,7,14H2,1H3,(H,20,21);1-10H. The highest BCUT2D eigenvalue weighted by Crippen LogP contribution is 2.27. The number of rotatable bonds is 7. The van der Waals surface area contributed by atoms with Crippen LogP contribution < -0.4 is 5.32 Å². The van der Waals surface area contributed by atoms with Crippen molar-refractivity contribution in [2.75, 3.05) is 6.54 Å². The minimum absolute atomic E-state index is 0.145. The van der Waals surface area contributed by atoms with Crippen LogP contribution in [0.1, 0.15) is 47.7 Å². The van der Waals surface area contributed by atoms with Crippen molar-refractivity contribution in [3.05, 3.63) is 132 Å². The lowest BCUT2D eigenvalue weighted by molar-refractivity contribution is -0.132. The first kappa shape index (κ1) is 26.1. The summed E-state index contributed by atoms with van der Waals surface area (Å²) in [5.74, 6) is -2.22. The molecule has 0 unspecified atom stereocenters. The van der Waals surface area contributed by atoms with Gasteiger partial charge in [0.15, 0.2) is 0 Å². The molecule has 0 heterocycles. The fourth-order valence-corrected chi connectivity index (χ4v) is 4.33. The van der Waals surface area contributed by atoms with Crippen molar-refractivity contribution >= 4 is 27.5 Å². The van der Waals surface area contributed by atoms with E-state index < -0.39 is 5.79 Å². The minimum atomic E-state index is -2.07. The molecule has 0 aliphatic rings. The number of benzene rings is 5. The molecule has 3 N–H and O–H groups in total. The van der Waals surface area contributed by atoms with Gasteiger partial charge < -0.3 is 15.5 Å². The summed E-state index contributed by atoms with van der Waals surface area (Å²) in [7, 11) is 0. The number of carbonyl (C=O) groups is 1. The van der Waals surface area contributed by atoms with Crippen LogP contribution in [-0.4, -0.2) is 22.7 Å². The van der Waals surface area contributed by atoms with Gasteiger partial charge in [-0.2, -0.15) is 0 Å². The Balaban J connectivity index is 0.000000193. The molecule has 5 rings (SSSR count). The number of unbranched alkanes of at least 4 members (excludes halogenated alkanes) is 2. The summed E-state index contributed by atoms with van der Waals surface area (Å²) in [6.07, 6.45) is 3.16. The number of hydrogen-bond acceptors (Lipinski definition) is 3. The second kappa shape index (κ2) is 12.3. The van der Waals surface area contributed by atoms with E-state index in [-0.39, 0.29) is 5.91 Å². The van der Waals surface area contributed by atoms with Crippen LogP contribution in [0.15, 0.2) is 115 Å². The molecule has 0 saturated carbocycles. The van der Waals surface area contributed by atoms with Gasteiger partial charge in [-0.1, -0.05) is 123 Å². The zero-order valence-electron chi connectivity index (χ0n) is 21.1. The average Bonchev–Trinajstić information content (AvgIpc) is 2.96. The van der Waals surface area contributed by atoms with Crippen molar-refractivity contribution in [1.29, 1.82) is 0 Å². The molecule has 37 heavy (non-hydrogen) atoms. The van der Waals surface area contributed by atoms with E-state index in [1.54, 1.807) is 48.5 Å². The largest absolute Gasteiger partial charge is 0.358 e. The molecule has 5 aromatic rings. The van der Waals surface area contributed by atoms with Crippen molar-refractivity contribution in [2.45, 2.75) is 32.0 Å². The van der Waals surface area contributed by atoms with Gasteiger partial charge in [0.05, 0.1) is 0 Å². The first-order chi connectivity index (χ1) is 18.0. The number of carbonyl (C=O) groups excluding carboxylic acids is 1. The topological polar surface area (TPSA) is 69.6 Å². The zero-order chi connectivity index (χ0) is 26.1. The van der Waals surface area contributed by atoms with Crippen LogP contribution in [0.2, 0.25) is 0 Å². The van der Waals surface area contributed by atoms with Crippen LogP contribution >= 0.6 is 0 Å². The van der Waals surface area contributed by atoms with Crippen molar-refractivity contribution in [2.24, 2.45) is 0 Å².